The molecule has 1 saturated heterocycles. The number of benzene rings is 2. The van der Waals surface area contributed by atoms with Crippen molar-refractivity contribution < 1.29 is 13.2 Å². The molecular formula is C24H36ClN5O3S. The Hall–Kier alpha value is -2.65. The number of hydrogen-bond donors (Lipinski definition) is 2. The van der Waals surface area contributed by atoms with Crippen LogP contribution in [-0.4, -0.2) is 72.3 Å². The van der Waals surface area contributed by atoms with E-state index < -0.39 is 10.0 Å². The van der Waals surface area contributed by atoms with Gasteiger partial charge in [-0.1, -0.05) is 19.1 Å². The van der Waals surface area contributed by atoms with E-state index in [1.807, 2.05) is 31.2 Å². The van der Waals surface area contributed by atoms with E-state index in [0.717, 1.165) is 41.8 Å². The molecule has 0 bridgehead atoms. The standard InChI is InChI=1S/C24H35N5O3S.ClH/c1-6-11-25-21-17-18(2)16-19(24(30)27(3)4)23(21)29-14-12-28(13-15-29)22-10-8-7-9-20(22)26-33(5,31)32;/h7-10,16-17,25-26H,6,11-15H2,1-5H3;1H. The van der Waals surface area contributed by atoms with Crippen molar-refractivity contribution in [2.24, 2.45) is 0 Å². The van der Waals surface area contributed by atoms with Gasteiger partial charge < -0.3 is 20.0 Å². The lowest BCUT2D eigenvalue weighted by atomic mass is 10.0. The first-order valence-electron chi connectivity index (χ1n) is 11.3. The minimum Gasteiger partial charge on any atom is -0.383 e. The van der Waals surface area contributed by atoms with Gasteiger partial charge in [0.25, 0.3) is 5.91 Å². The Morgan fingerprint density at radius 3 is 2.24 bits per heavy atom. The van der Waals surface area contributed by atoms with Gasteiger partial charge in [0.05, 0.1) is 34.6 Å². The number of carbonyl (C=O) groups excluding carboxylic acids is 1. The third-order valence-corrected chi connectivity index (χ3v) is 6.18. The summed E-state index contributed by atoms with van der Waals surface area (Å²) in [6, 6.07) is 11.5. The molecule has 0 aliphatic carbocycles. The molecule has 3 rings (SSSR count). The number of piperazine rings is 1. The maximum absolute atomic E-state index is 13.0. The summed E-state index contributed by atoms with van der Waals surface area (Å²) in [4.78, 5) is 19.1. The molecule has 1 heterocycles. The molecule has 0 unspecified atom stereocenters. The molecule has 2 N–H and O–H groups in total. The van der Waals surface area contributed by atoms with Crippen LogP contribution in [0.3, 0.4) is 0 Å². The van der Waals surface area contributed by atoms with Crippen molar-refractivity contribution in [1.82, 2.24) is 4.90 Å². The fourth-order valence-corrected chi connectivity index (χ4v) is 4.70. The summed E-state index contributed by atoms with van der Waals surface area (Å²) in [7, 11) is 0.179. The maximum atomic E-state index is 13.0. The molecule has 1 aliphatic heterocycles. The molecule has 2 aromatic rings. The van der Waals surface area contributed by atoms with E-state index in [4.69, 9.17) is 0 Å². The number of para-hydroxylation sites is 2. The minimum atomic E-state index is -3.37. The number of carbonyl (C=O) groups is 1. The third-order valence-electron chi connectivity index (χ3n) is 5.59. The number of nitrogens with one attached hydrogen (secondary N) is 2. The summed E-state index contributed by atoms with van der Waals surface area (Å²) in [6.07, 6.45) is 2.15. The van der Waals surface area contributed by atoms with Crippen LogP contribution in [0.15, 0.2) is 36.4 Å². The monoisotopic (exact) mass is 509 g/mol. The van der Waals surface area contributed by atoms with E-state index in [9.17, 15) is 13.2 Å². The van der Waals surface area contributed by atoms with Gasteiger partial charge in [0.2, 0.25) is 10.0 Å². The van der Waals surface area contributed by atoms with Crippen molar-refractivity contribution in [3.05, 3.63) is 47.5 Å². The second-order valence-electron chi connectivity index (χ2n) is 8.70. The number of rotatable bonds is 8. The van der Waals surface area contributed by atoms with Gasteiger partial charge in [0.15, 0.2) is 0 Å². The second kappa shape index (κ2) is 11.7. The molecule has 1 aliphatic rings. The van der Waals surface area contributed by atoms with Gasteiger partial charge in [-0.05, 0) is 43.2 Å². The lowest BCUT2D eigenvalue weighted by Crippen LogP contribution is -2.47. The smallest absolute Gasteiger partial charge is 0.255 e. The van der Waals surface area contributed by atoms with Gasteiger partial charge in [-0.15, -0.1) is 12.4 Å². The van der Waals surface area contributed by atoms with Crippen LogP contribution in [0.5, 0.6) is 0 Å². The van der Waals surface area contributed by atoms with Crippen LogP contribution in [0, 0.1) is 6.92 Å². The zero-order valence-corrected chi connectivity index (χ0v) is 22.2. The lowest BCUT2D eigenvalue weighted by molar-refractivity contribution is 0.0828. The van der Waals surface area contributed by atoms with E-state index in [1.165, 1.54) is 0 Å². The first-order valence-corrected chi connectivity index (χ1v) is 13.2. The van der Waals surface area contributed by atoms with E-state index in [2.05, 4.69) is 32.8 Å². The number of sulfonamides is 1. The van der Waals surface area contributed by atoms with Crippen LogP contribution >= 0.6 is 12.4 Å². The highest BCUT2D eigenvalue weighted by Crippen LogP contribution is 2.35. The number of anilines is 4. The Morgan fingerprint density at radius 2 is 1.65 bits per heavy atom. The predicted molar refractivity (Wildman–Crippen MR) is 145 cm³/mol. The van der Waals surface area contributed by atoms with E-state index in [0.29, 0.717) is 37.4 Å². The Kier molecular flexibility index (Phi) is 9.46. The number of hydrogen-bond acceptors (Lipinski definition) is 6. The molecule has 2 aromatic carbocycles. The fourth-order valence-electron chi connectivity index (χ4n) is 4.12. The Balaban J connectivity index is 0.00000408. The van der Waals surface area contributed by atoms with Gasteiger partial charge >= 0.3 is 0 Å². The topological polar surface area (TPSA) is 85.0 Å². The highest BCUT2D eigenvalue weighted by molar-refractivity contribution is 7.92. The Labute approximate surface area is 209 Å². The molecular weight excluding hydrogens is 474 g/mol. The van der Waals surface area contributed by atoms with Crippen LogP contribution in [0.1, 0.15) is 29.3 Å². The highest BCUT2D eigenvalue weighted by Gasteiger charge is 2.26. The summed E-state index contributed by atoms with van der Waals surface area (Å²) in [5, 5.41) is 3.51. The molecule has 10 heteroatoms. The van der Waals surface area contributed by atoms with Crippen LogP contribution in [-0.2, 0) is 10.0 Å². The SMILES string of the molecule is CCCNc1cc(C)cc(C(=O)N(C)C)c1N1CCN(c2ccccc2NS(C)(=O)=O)CC1.Cl. The van der Waals surface area contributed by atoms with Gasteiger partial charge in [-0.2, -0.15) is 0 Å². The summed E-state index contributed by atoms with van der Waals surface area (Å²) in [6.45, 7) is 7.80. The van der Waals surface area contributed by atoms with Crippen LogP contribution < -0.4 is 19.8 Å². The zero-order valence-electron chi connectivity index (χ0n) is 20.6. The fraction of sp³-hybridized carbons (Fsp3) is 0.458. The van der Waals surface area contributed by atoms with Crippen molar-refractivity contribution in [3.8, 4) is 0 Å². The van der Waals surface area contributed by atoms with E-state index in [1.54, 1.807) is 25.1 Å². The molecule has 0 radical (unpaired) electrons. The van der Waals surface area contributed by atoms with Crippen molar-refractivity contribution in [1.29, 1.82) is 0 Å². The van der Waals surface area contributed by atoms with Crippen molar-refractivity contribution in [2.75, 3.05) is 72.9 Å². The minimum absolute atomic E-state index is 0. The number of nitrogens with zero attached hydrogens (tertiary/aromatic N) is 3. The van der Waals surface area contributed by atoms with E-state index >= 15 is 0 Å². The summed E-state index contributed by atoms with van der Waals surface area (Å²) in [5.41, 5.74) is 5.11. The largest absolute Gasteiger partial charge is 0.383 e. The highest BCUT2D eigenvalue weighted by atomic mass is 35.5. The Bertz CT molecular complexity index is 1100. The van der Waals surface area contributed by atoms with Gasteiger partial charge in [0.1, 0.15) is 0 Å². The molecule has 0 saturated carbocycles. The van der Waals surface area contributed by atoms with Crippen LogP contribution in [0.2, 0.25) is 0 Å². The maximum Gasteiger partial charge on any atom is 0.255 e. The summed E-state index contributed by atoms with van der Waals surface area (Å²) >= 11 is 0. The van der Waals surface area contributed by atoms with Crippen molar-refractivity contribution in [2.45, 2.75) is 20.3 Å². The molecule has 1 fully saturated rings. The van der Waals surface area contributed by atoms with Crippen LogP contribution in [0.4, 0.5) is 22.7 Å². The molecule has 0 aromatic heterocycles. The first-order chi connectivity index (χ1) is 15.6. The predicted octanol–water partition coefficient (Wildman–Crippen LogP) is 3.64. The summed E-state index contributed by atoms with van der Waals surface area (Å²) in [5.74, 6) is -0.0154. The average Bonchev–Trinajstić information content (AvgIpc) is 2.76. The molecule has 8 nitrogen and oxygen atoms in total. The molecule has 0 spiro atoms. The molecule has 1 amide bonds. The van der Waals surface area contributed by atoms with Gasteiger partial charge in [0, 0.05) is 46.8 Å². The lowest BCUT2D eigenvalue weighted by Gasteiger charge is -2.39. The quantitative estimate of drug-likeness (QED) is 0.565. The number of halogens is 1. The third kappa shape index (κ3) is 6.70. The normalized spacial score (nSPS) is 13.8. The average molecular weight is 510 g/mol. The number of amides is 1. The molecule has 188 valence electrons. The zero-order chi connectivity index (χ0) is 24.2. The van der Waals surface area contributed by atoms with Gasteiger partial charge in [-0.3, -0.25) is 9.52 Å². The van der Waals surface area contributed by atoms with Crippen molar-refractivity contribution >= 4 is 51.1 Å². The van der Waals surface area contributed by atoms with Gasteiger partial charge in [-0.25, -0.2) is 8.42 Å². The first kappa shape index (κ1) is 27.6. The number of aryl methyl sites for hydroxylation is 1. The van der Waals surface area contributed by atoms with Crippen LogP contribution in [0.25, 0.3) is 0 Å². The second-order valence-corrected chi connectivity index (χ2v) is 10.4. The Morgan fingerprint density at radius 1 is 1.03 bits per heavy atom. The molecule has 34 heavy (non-hydrogen) atoms. The molecule has 0 atom stereocenters. The summed E-state index contributed by atoms with van der Waals surface area (Å²) < 4.78 is 26.2. The van der Waals surface area contributed by atoms with Crippen molar-refractivity contribution in [3.63, 3.8) is 0 Å². The van der Waals surface area contributed by atoms with E-state index in [-0.39, 0.29) is 18.3 Å².